The number of rotatable bonds is 5. The van der Waals surface area contributed by atoms with Crippen molar-refractivity contribution in [1.82, 2.24) is 10.2 Å². The molecule has 0 spiro atoms. The van der Waals surface area contributed by atoms with Crippen LogP contribution in [0.5, 0.6) is 0 Å². The van der Waals surface area contributed by atoms with Crippen LogP contribution in [0, 0.1) is 5.82 Å². The fourth-order valence-corrected chi connectivity index (χ4v) is 3.41. The molecule has 3 aromatic carbocycles. The summed E-state index contributed by atoms with van der Waals surface area (Å²) < 4.78 is 14.8. The fraction of sp³-hybridized carbons (Fsp3) is 0.136. The Bertz CT molecular complexity index is 1110. The first-order valence-corrected chi connectivity index (χ1v) is 9.34. The molecular weight excluding hydrogens is 375 g/mol. The summed E-state index contributed by atoms with van der Waals surface area (Å²) in [6.45, 7) is 0.582. The topological polar surface area (TPSA) is 44.0 Å². The number of aromatic nitrogens is 2. The van der Waals surface area contributed by atoms with E-state index >= 15 is 0 Å². The Balaban J connectivity index is 1.65. The summed E-state index contributed by atoms with van der Waals surface area (Å²) in [6, 6.07) is 19.7. The van der Waals surface area contributed by atoms with Crippen molar-refractivity contribution in [3.63, 3.8) is 0 Å². The highest BCUT2D eigenvalue weighted by Crippen LogP contribution is 2.36. The molecule has 1 aromatic heterocycles. The van der Waals surface area contributed by atoms with Gasteiger partial charge in [-0.3, -0.25) is 5.10 Å². The van der Waals surface area contributed by atoms with E-state index in [9.17, 15) is 4.39 Å². The molecule has 4 aromatic rings. The van der Waals surface area contributed by atoms with Crippen LogP contribution in [-0.2, 0) is 6.54 Å². The number of aromatic amines is 1. The molecule has 0 aliphatic rings. The standard InChI is InChI=1S/C22H20ClFN4/c1-28(2)16-10-8-14(9-11-16)13-25-22-18-12-17(15-6-4-3-5-7-15)19(23)20(24)21(18)26-27-22/h3-12H,13H2,1-2H3,(H2,25,26,27). The molecule has 2 N–H and O–H groups in total. The first-order chi connectivity index (χ1) is 13.5. The van der Waals surface area contributed by atoms with Crippen LogP contribution in [0.25, 0.3) is 22.0 Å². The number of fused-ring (bicyclic) bond motifs is 1. The summed E-state index contributed by atoms with van der Waals surface area (Å²) >= 11 is 6.28. The Morgan fingerprint density at radius 2 is 1.79 bits per heavy atom. The third-order valence-electron chi connectivity index (χ3n) is 4.74. The third kappa shape index (κ3) is 3.41. The van der Waals surface area contributed by atoms with E-state index in [0.717, 1.165) is 16.8 Å². The highest BCUT2D eigenvalue weighted by molar-refractivity contribution is 6.34. The number of benzene rings is 3. The lowest BCUT2D eigenvalue weighted by Crippen LogP contribution is -2.08. The smallest absolute Gasteiger partial charge is 0.168 e. The van der Waals surface area contributed by atoms with Crippen LogP contribution in [0.4, 0.5) is 15.9 Å². The minimum absolute atomic E-state index is 0.0909. The minimum atomic E-state index is -0.492. The van der Waals surface area contributed by atoms with Crippen LogP contribution >= 0.6 is 11.6 Å². The lowest BCUT2D eigenvalue weighted by atomic mass is 10.0. The highest BCUT2D eigenvalue weighted by Gasteiger charge is 2.17. The van der Waals surface area contributed by atoms with E-state index in [2.05, 4.69) is 44.7 Å². The van der Waals surface area contributed by atoms with Gasteiger partial charge >= 0.3 is 0 Å². The molecule has 0 atom stereocenters. The zero-order chi connectivity index (χ0) is 19.7. The van der Waals surface area contributed by atoms with Gasteiger partial charge in [-0.2, -0.15) is 5.10 Å². The van der Waals surface area contributed by atoms with Crippen LogP contribution in [0.1, 0.15) is 5.56 Å². The van der Waals surface area contributed by atoms with Crippen LogP contribution in [0.2, 0.25) is 5.02 Å². The van der Waals surface area contributed by atoms with Crippen molar-refractivity contribution in [3.05, 3.63) is 77.1 Å². The van der Waals surface area contributed by atoms with E-state index in [0.29, 0.717) is 28.8 Å². The number of hydrogen-bond acceptors (Lipinski definition) is 3. The maximum Gasteiger partial charge on any atom is 0.168 e. The zero-order valence-corrected chi connectivity index (χ0v) is 16.4. The van der Waals surface area contributed by atoms with E-state index in [-0.39, 0.29) is 5.02 Å². The molecule has 142 valence electrons. The monoisotopic (exact) mass is 394 g/mol. The van der Waals surface area contributed by atoms with Gasteiger partial charge in [0.15, 0.2) is 11.6 Å². The van der Waals surface area contributed by atoms with Crippen molar-refractivity contribution in [2.45, 2.75) is 6.54 Å². The molecule has 0 saturated heterocycles. The second kappa shape index (κ2) is 7.52. The average Bonchev–Trinajstić information content (AvgIpc) is 3.13. The maximum absolute atomic E-state index is 14.8. The van der Waals surface area contributed by atoms with Crippen molar-refractivity contribution < 1.29 is 4.39 Å². The van der Waals surface area contributed by atoms with Gasteiger partial charge in [-0.15, -0.1) is 0 Å². The van der Waals surface area contributed by atoms with Crippen LogP contribution in [0.3, 0.4) is 0 Å². The number of hydrogen-bond donors (Lipinski definition) is 2. The van der Waals surface area contributed by atoms with E-state index in [1.165, 1.54) is 0 Å². The molecule has 0 saturated carbocycles. The number of anilines is 2. The molecule has 4 rings (SSSR count). The first-order valence-electron chi connectivity index (χ1n) is 8.96. The third-order valence-corrected chi connectivity index (χ3v) is 5.11. The molecule has 6 heteroatoms. The van der Waals surface area contributed by atoms with Gasteiger partial charge in [-0.05, 0) is 29.3 Å². The fourth-order valence-electron chi connectivity index (χ4n) is 3.15. The summed E-state index contributed by atoms with van der Waals surface area (Å²) in [5, 5.41) is 11.1. The molecule has 1 heterocycles. The van der Waals surface area contributed by atoms with Gasteiger partial charge in [-0.1, -0.05) is 54.1 Å². The Hall–Kier alpha value is -3.05. The largest absolute Gasteiger partial charge is 0.378 e. The molecule has 0 bridgehead atoms. The number of nitrogens with one attached hydrogen (secondary N) is 2. The van der Waals surface area contributed by atoms with Crippen molar-refractivity contribution >= 4 is 34.0 Å². The second-order valence-electron chi connectivity index (χ2n) is 6.83. The maximum atomic E-state index is 14.8. The molecule has 4 nitrogen and oxygen atoms in total. The quantitative estimate of drug-likeness (QED) is 0.456. The lowest BCUT2D eigenvalue weighted by molar-refractivity contribution is 0.637. The Morgan fingerprint density at radius 3 is 2.46 bits per heavy atom. The number of nitrogens with zero attached hydrogens (tertiary/aromatic N) is 2. The van der Waals surface area contributed by atoms with Crippen molar-refractivity contribution in [3.8, 4) is 11.1 Å². The summed E-state index contributed by atoms with van der Waals surface area (Å²) in [4.78, 5) is 2.05. The van der Waals surface area contributed by atoms with Gasteiger partial charge < -0.3 is 10.2 Å². The van der Waals surface area contributed by atoms with Gasteiger partial charge in [0.1, 0.15) is 5.52 Å². The van der Waals surface area contributed by atoms with Crippen LogP contribution < -0.4 is 10.2 Å². The molecule has 0 fully saturated rings. The van der Waals surface area contributed by atoms with E-state index < -0.39 is 5.82 Å². The van der Waals surface area contributed by atoms with Gasteiger partial charge in [0.25, 0.3) is 0 Å². The average molecular weight is 395 g/mol. The Morgan fingerprint density at radius 1 is 1.07 bits per heavy atom. The van der Waals surface area contributed by atoms with Gasteiger partial charge in [0, 0.05) is 37.3 Å². The molecular formula is C22H20ClFN4. The van der Waals surface area contributed by atoms with Gasteiger partial charge in [0.2, 0.25) is 0 Å². The molecule has 0 unspecified atom stereocenters. The zero-order valence-electron chi connectivity index (χ0n) is 15.6. The number of halogens is 2. The van der Waals surface area contributed by atoms with Crippen molar-refractivity contribution in [2.24, 2.45) is 0 Å². The molecule has 0 aliphatic carbocycles. The molecule has 0 radical (unpaired) electrons. The minimum Gasteiger partial charge on any atom is -0.378 e. The Labute approximate surface area is 167 Å². The van der Waals surface area contributed by atoms with Crippen molar-refractivity contribution in [2.75, 3.05) is 24.3 Å². The van der Waals surface area contributed by atoms with Gasteiger partial charge in [0.05, 0.1) is 5.02 Å². The molecule has 28 heavy (non-hydrogen) atoms. The SMILES string of the molecule is CN(C)c1ccc(CNc2n[nH]c3c(F)c(Cl)c(-c4ccccc4)cc23)cc1. The lowest BCUT2D eigenvalue weighted by Gasteiger charge is -2.13. The van der Waals surface area contributed by atoms with E-state index in [4.69, 9.17) is 11.6 Å². The summed E-state index contributed by atoms with van der Waals surface area (Å²) in [5.41, 5.74) is 4.06. The summed E-state index contributed by atoms with van der Waals surface area (Å²) in [7, 11) is 4.01. The van der Waals surface area contributed by atoms with Crippen LogP contribution in [-0.4, -0.2) is 24.3 Å². The first kappa shape index (κ1) is 18.3. The summed E-state index contributed by atoms with van der Waals surface area (Å²) in [5.74, 6) is 0.105. The van der Waals surface area contributed by atoms with E-state index in [1.807, 2.05) is 50.5 Å². The normalized spacial score (nSPS) is 11.0. The van der Waals surface area contributed by atoms with Crippen LogP contribution in [0.15, 0.2) is 60.7 Å². The Kier molecular flexibility index (Phi) is 4.92. The predicted molar refractivity (Wildman–Crippen MR) is 115 cm³/mol. The molecule has 0 aliphatic heterocycles. The number of H-pyrrole nitrogens is 1. The highest BCUT2D eigenvalue weighted by atomic mass is 35.5. The second-order valence-corrected chi connectivity index (χ2v) is 7.21. The molecule has 0 amide bonds. The van der Waals surface area contributed by atoms with Gasteiger partial charge in [-0.25, -0.2) is 4.39 Å². The van der Waals surface area contributed by atoms with Crippen molar-refractivity contribution in [1.29, 1.82) is 0 Å². The predicted octanol–water partition coefficient (Wildman–Crippen LogP) is 5.70. The van der Waals surface area contributed by atoms with E-state index in [1.54, 1.807) is 0 Å². The summed E-state index contributed by atoms with van der Waals surface area (Å²) in [6.07, 6.45) is 0.